The van der Waals surface area contributed by atoms with Gasteiger partial charge in [-0.2, -0.15) is 0 Å². The van der Waals surface area contributed by atoms with Crippen LogP contribution in [0.15, 0.2) is 24.4 Å². The number of carbonyl (C=O) groups excluding carboxylic acids is 1. The molecule has 0 spiro atoms. The molecule has 1 aromatic carbocycles. The zero-order valence-electron chi connectivity index (χ0n) is 8.04. The zero-order chi connectivity index (χ0) is 10.3. The van der Waals surface area contributed by atoms with E-state index in [9.17, 15) is 4.79 Å². The average Bonchev–Trinajstić information content (AvgIpc) is 2.48. The molecule has 0 aliphatic carbocycles. The van der Waals surface area contributed by atoms with Gasteiger partial charge in [-0.3, -0.25) is 9.36 Å². The van der Waals surface area contributed by atoms with Gasteiger partial charge >= 0.3 is 0 Å². The lowest BCUT2D eigenvalue weighted by molar-refractivity contribution is 0.0941. The van der Waals surface area contributed by atoms with Gasteiger partial charge in [0.1, 0.15) is 0 Å². The summed E-state index contributed by atoms with van der Waals surface area (Å²) in [4.78, 5) is 11.2. The number of hydrogen-bond acceptors (Lipinski definition) is 1. The summed E-state index contributed by atoms with van der Waals surface area (Å²) < 4.78 is 1.62. The average molecular weight is 208 g/mol. The first-order chi connectivity index (χ1) is 6.59. The molecule has 0 fully saturated rings. The largest absolute Gasteiger partial charge is 0.287 e. The summed E-state index contributed by atoms with van der Waals surface area (Å²) in [5, 5.41) is 1.73. The van der Waals surface area contributed by atoms with Gasteiger partial charge in [0.2, 0.25) is 5.91 Å². The third-order valence-corrected chi connectivity index (χ3v) is 2.72. The molecule has 3 heteroatoms. The van der Waals surface area contributed by atoms with Crippen LogP contribution in [0.25, 0.3) is 10.9 Å². The van der Waals surface area contributed by atoms with E-state index in [1.54, 1.807) is 17.7 Å². The molecule has 0 saturated carbocycles. The number of rotatable bonds is 0. The van der Waals surface area contributed by atoms with Crippen LogP contribution in [0.4, 0.5) is 0 Å². The Balaban J connectivity index is 2.80. The predicted molar refractivity (Wildman–Crippen MR) is 58.0 cm³/mol. The number of carbonyl (C=O) groups is 1. The Kier molecular flexibility index (Phi) is 2.08. The van der Waals surface area contributed by atoms with Crippen molar-refractivity contribution in [3.63, 3.8) is 0 Å². The maximum Gasteiger partial charge on any atom is 0.227 e. The summed E-state index contributed by atoms with van der Waals surface area (Å²) in [5.74, 6) is 0.0155. The first-order valence-electron chi connectivity index (χ1n) is 4.38. The summed E-state index contributed by atoms with van der Waals surface area (Å²) in [7, 11) is 0. The molecule has 0 atom stereocenters. The smallest absolute Gasteiger partial charge is 0.227 e. The highest BCUT2D eigenvalue weighted by atomic mass is 35.5. The normalized spacial score (nSPS) is 10.8. The van der Waals surface area contributed by atoms with Crippen molar-refractivity contribution in [2.75, 3.05) is 0 Å². The fourth-order valence-corrected chi connectivity index (χ4v) is 1.71. The van der Waals surface area contributed by atoms with Gasteiger partial charge in [-0.1, -0.05) is 11.6 Å². The summed E-state index contributed by atoms with van der Waals surface area (Å²) >= 11 is 5.98. The third kappa shape index (κ3) is 1.32. The molecule has 2 nitrogen and oxygen atoms in total. The number of fused-ring (bicyclic) bond motifs is 1. The molecule has 2 rings (SSSR count). The minimum Gasteiger partial charge on any atom is -0.287 e. The Morgan fingerprint density at radius 2 is 2.14 bits per heavy atom. The summed E-state index contributed by atoms with van der Waals surface area (Å²) in [5.41, 5.74) is 1.90. The maximum absolute atomic E-state index is 11.2. The molecule has 0 saturated heterocycles. The minimum absolute atomic E-state index is 0.0155. The number of aromatic nitrogens is 1. The van der Waals surface area contributed by atoms with Gasteiger partial charge in [-0.05, 0) is 30.7 Å². The standard InChI is InChI=1S/C11H10ClNO/c1-7-5-11-9(6-10(7)12)3-4-13(11)8(2)14/h3-6H,1-2H3. The summed E-state index contributed by atoms with van der Waals surface area (Å²) in [6, 6.07) is 5.70. The third-order valence-electron chi connectivity index (χ3n) is 2.31. The van der Waals surface area contributed by atoms with Crippen LogP contribution in [-0.4, -0.2) is 10.5 Å². The number of aryl methyl sites for hydroxylation is 1. The van der Waals surface area contributed by atoms with Gasteiger partial charge in [0, 0.05) is 23.5 Å². The van der Waals surface area contributed by atoms with E-state index in [-0.39, 0.29) is 5.91 Å². The highest BCUT2D eigenvalue weighted by Gasteiger charge is 2.06. The van der Waals surface area contributed by atoms with Gasteiger partial charge in [-0.25, -0.2) is 0 Å². The van der Waals surface area contributed by atoms with Crippen molar-refractivity contribution < 1.29 is 4.79 Å². The Morgan fingerprint density at radius 1 is 1.43 bits per heavy atom. The Hall–Kier alpha value is -1.28. The first kappa shape index (κ1) is 9.28. The van der Waals surface area contributed by atoms with E-state index in [1.165, 1.54) is 0 Å². The lowest BCUT2D eigenvalue weighted by Crippen LogP contribution is -2.02. The van der Waals surface area contributed by atoms with E-state index in [0.29, 0.717) is 0 Å². The molecule has 1 aromatic heterocycles. The first-order valence-corrected chi connectivity index (χ1v) is 4.75. The van der Waals surface area contributed by atoms with Crippen molar-refractivity contribution >= 4 is 28.4 Å². The van der Waals surface area contributed by atoms with Gasteiger partial charge in [0.15, 0.2) is 0 Å². The highest BCUT2D eigenvalue weighted by Crippen LogP contribution is 2.24. The van der Waals surface area contributed by atoms with Gasteiger partial charge < -0.3 is 0 Å². The molecule has 0 unspecified atom stereocenters. The van der Waals surface area contributed by atoms with Crippen molar-refractivity contribution in [1.82, 2.24) is 4.57 Å². The monoisotopic (exact) mass is 207 g/mol. The second-order valence-electron chi connectivity index (χ2n) is 3.36. The second kappa shape index (κ2) is 3.14. The van der Waals surface area contributed by atoms with E-state index in [4.69, 9.17) is 11.6 Å². The molecular weight excluding hydrogens is 198 g/mol. The summed E-state index contributed by atoms with van der Waals surface area (Å²) in [6.45, 7) is 3.47. The molecule has 14 heavy (non-hydrogen) atoms. The molecule has 72 valence electrons. The predicted octanol–water partition coefficient (Wildman–Crippen LogP) is 3.26. The van der Waals surface area contributed by atoms with Crippen molar-refractivity contribution in [2.45, 2.75) is 13.8 Å². The topological polar surface area (TPSA) is 22.0 Å². The Labute approximate surface area is 87.1 Å². The zero-order valence-corrected chi connectivity index (χ0v) is 8.80. The molecule has 0 radical (unpaired) electrons. The molecule has 0 aliphatic rings. The van der Waals surface area contributed by atoms with Crippen molar-refractivity contribution in [3.8, 4) is 0 Å². The van der Waals surface area contributed by atoms with Crippen LogP contribution in [0, 0.1) is 6.92 Å². The minimum atomic E-state index is 0.0155. The number of halogens is 1. The van der Waals surface area contributed by atoms with Crippen molar-refractivity contribution in [3.05, 3.63) is 35.0 Å². The molecule has 0 aliphatic heterocycles. The van der Waals surface area contributed by atoms with E-state index in [1.807, 2.05) is 25.1 Å². The Bertz CT molecular complexity index is 513. The van der Waals surface area contributed by atoms with Gasteiger partial charge in [0.25, 0.3) is 0 Å². The van der Waals surface area contributed by atoms with Crippen LogP contribution in [0.5, 0.6) is 0 Å². The number of hydrogen-bond donors (Lipinski definition) is 0. The molecule has 0 bridgehead atoms. The summed E-state index contributed by atoms with van der Waals surface area (Å²) in [6.07, 6.45) is 1.77. The molecule has 1 heterocycles. The van der Waals surface area contributed by atoms with Crippen LogP contribution in [-0.2, 0) is 0 Å². The van der Waals surface area contributed by atoms with Gasteiger partial charge in [-0.15, -0.1) is 0 Å². The maximum atomic E-state index is 11.2. The van der Waals surface area contributed by atoms with Gasteiger partial charge in [0.05, 0.1) is 5.52 Å². The lowest BCUT2D eigenvalue weighted by Gasteiger charge is -2.01. The van der Waals surface area contributed by atoms with Crippen LogP contribution >= 0.6 is 11.6 Å². The second-order valence-corrected chi connectivity index (χ2v) is 3.77. The van der Waals surface area contributed by atoms with E-state index >= 15 is 0 Å². The lowest BCUT2D eigenvalue weighted by atomic mass is 10.2. The van der Waals surface area contributed by atoms with Crippen LogP contribution in [0.3, 0.4) is 0 Å². The molecule has 2 aromatic rings. The van der Waals surface area contributed by atoms with Crippen molar-refractivity contribution in [2.24, 2.45) is 0 Å². The quantitative estimate of drug-likeness (QED) is 0.650. The SMILES string of the molecule is CC(=O)n1ccc2cc(Cl)c(C)cc21. The Morgan fingerprint density at radius 3 is 2.79 bits per heavy atom. The van der Waals surface area contributed by atoms with E-state index in [0.717, 1.165) is 21.5 Å². The number of benzene rings is 1. The van der Waals surface area contributed by atoms with Crippen molar-refractivity contribution in [1.29, 1.82) is 0 Å². The molecule has 0 N–H and O–H groups in total. The highest BCUT2D eigenvalue weighted by molar-refractivity contribution is 6.32. The fraction of sp³-hybridized carbons (Fsp3) is 0.182. The van der Waals surface area contributed by atoms with Crippen LogP contribution in [0.2, 0.25) is 5.02 Å². The molecular formula is C11H10ClNO. The van der Waals surface area contributed by atoms with E-state index in [2.05, 4.69) is 0 Å². The van der Waals surface area contributed by atoms with Crippen LogP contribution in [0.1, 0.15) is 17.3 Å². The van der Waals surface area contributed by atoms with E-state index < -0.39 is 0 Å². The van der Waals surface area contributed by atoms with Crippen LogP contribution < -0.4 is 0 Å². The fourth-order valence-electron chi connectivity index (χ4n) is 1.53. The number of nitrogens with zero attached hydrogens (tertiary/aromatic N) is 1. The molecule has 0 amide bonds.